The highest BCUT2D eigenvalue weighted by molar-refractivity contribution is 5.94. The highest BCUT2D eigenvalue weighted by Crippen LogP contribution is 2.67. The molecule has 8 heteroatoms. The topological polar surface area (TPSA) is 94.2 Å². The number of amides is 2. The van der Waals surface area contributed by atoms with Crippen molar-refractivity contribution in [3.8, 4) is 0 Å². The molecular weight excluding hydrogens is 472 g/mol. The Morgan fingerprint density at radius 3 is 2.43 bits per heavy atom. The van der Waals surface area contributed by atoms with Crippen molar-refractivity contribution in [3.05, 3.63) is 0 Å². The summed E-state index contributed by atoms with van der Waals surface area (Å²) in [5.41, 5.74) is -1.75. The van der Waals surface area contributed by atoms with E-state index in [-0.39, 0.29) is 53.3 Å². The van der Waals surface area contributed by atoms with Gasteiger partial charge in [0, 0.05) is 51.0 Å². The van der Waals surface area contributed by atoms with Crippen LogP contribution in [0.1, 0.15) is 72.6 Å². The minimum atomic E-state index is -1.08. The maximum absolute atomic E-state index is 14.1. The van der Waals surface area contributed by atoms with Crippen molar-refractivity contribution in [2.75, 3.05) is 33.9 Å². The third kappa shape index (κ3) is 4.08. The number of carbonyl (C=O) groups is 3. The van der Waals surface area contributed by atoms with Gasteiger partial charge < -0.3 is 19.1 Å². The zero-order valence-electron chi connectivity index (χ0n) is 23.5. The molecule has 0 radical (unpaired) electrons. The summed E-state index contributed by atoms with van der Waals surface area (Å²) in [6.07, 6.45) is 4.78. The number of alkyl carbamates (subject to hydrolysis) is 1. The number of methoxy groups -OCH3 is 2. The van der Waals surface area contributed by atoms with Crippen LogP contribution in [-0.4, -0.2) is 74.3 Å². The standard InChI is InChI=1S/C29H46N2O6/c1-17-9-12-29-11-7-8-21(35-5)23(29)28(17,4)22(14-27(3,36-6)24(32)18(29)2)37-26(34)30-25(33)20-16-31-13-10-19(20)15-31/h17-23H,7-16H2,1-6H3,(H,30,33,34)/t17-,18+,19?,20+,21-,22?,23?,27-,28+,29?/m1/s1. The number of fused-ring (bicyclic) bond motifs is 2. The molecule has 8 nitrogen and oxygen atoms in total. The maximum atomic E-state index is 14.1. The first-order chi connectivity index (χ1) is 17.5. The number of nitrogens with zero attached hydrogens (tertiary/aromatic N) is 1. The van der Waals surface area contributed by atoms with Gasteiger partial charge in [-0.05, 0) is 62.8 Å². The number of hydrogen-bond donors (Lipinski definition) is 1. The summed E-state index contributed by atoms with van der Waals surface area (Å²) in [5.74, 6) is 0.103. The fourth-order valence-electron chi connectivity index (χ4n) is 9.38. The lowest BCUT2D eigenvalue weighted by atomic mass is 9.40. The molecule has 2 heterocycles. The Kier molecular flexibility index (Phi) is 7.02. The Bertz CT molecular complexity index is 941. The van der Waals surface area contributed by atoms with Crippen LogP contribution in [0.4, 0.5) is 4.79 Å². The van der Waals surface area contributed by atoms with Crippen molar-refractivity contribution < 1.29 is 28.6 Å². The third-order valence-electron chi connectivity index (χ3n) is 11.8. The van der Waals surface area contributed by atoms with Gasteiger partial charge in [-0.2, -0.15) is 0 Å². The summed E-state index contributed by atoms with van der Waals surface area (Å²) in [4.78, 5) is 42.7. The van der Waals surface area contributed by atoms with Gasteiger partial charge in [0.2, 0.25) is 5.91 Å². The van der Waals surface area contributed by atoms with Crippen LogP contribution < -0.4 is 5.32 Å². The van der Waals surface area contributed by atoms with Gasteiger partial charge in [-0.3, -0.25) is 14.9 Å². The minimum Gasteiger partial charge on any atom is -0.445 e. The molecule has 5 aliphatic rings. The lowest BCUT2D eigenvalue weighted by Gasteiger charge is -2.66. The monoisotopic (exact) mass is 518 g/mol. The second-order valence-corrected chi connectivity index (χ2v) is 13.2. The molecule has 1 N–H and O–H groups in total. The number of Topliss-reactive ketones (excluding diaryl/α,β-unsaturated/α-hetero) is 1. The van der Waals surface area contributed by atoms with Crippen LogP contribution >= 0.6 is 0 Å². The second kappa shape index (κ2) is 9.60. The van der Waals surface area contributed by atoms with Gasteiger partial charge >= 0.3 is 6.09 Å². The van der Waals surface area contributed by atoms with Crippen LogP contribution in [-0.2, 0) is 23.8 Å². The number of hydrogen-bond acceptors (Lipinski definition) is 7. The highest BCUT2D eigenvalue weighted by atomic mass is 16.6. The normalized spacial score (nSPS) is 49.1. The van der Waals surface area contributed by atoms with Crippen LogP contribution in [0.15, 0.2) is 0 Å². The Labute approximate surface area is 221 Å². The van der Waals surface area contributed by atoms with Crippen LogP contribution in [0.5, 0.6) is 0 Å². The number of imide groups is 1. The largest absolute Gasteiger partial charge is 0.445 e. The number of ether oxygens (including phenoxy) is 3. The van der Waals surface area contributed by atoms with E-state index >= 15 is 0 Å². The molecular formula is C29H46N2O6. The van der Waals surface area contributed by atoms with E-state index in [1.807, 2.05) is 6.92 Å². The van der Waals surface area contributed by atoms with E-state index in [4.69, 9.17) is 14.2 Å². The van der Waals surface area contributed by atoms with E-state index in [2.05, 4.69) is 31.0 Å². The number of carbonyl (C=O) groups excluding carboxylic acids is 3. The second-order valence-electron chi connectivity index (χ2n) is 13.2. The molecule has 5 fully saturated rings. The van der Waals surface area contributed by atoms with Crippen LogP contribution in [0, 0.1) is 40.4 Å². The third-order valence-corrected chi connectivity index (χ3v) is 11.8. The first-order valence-corrected chi connectivity index (χ1v) is 14.4. The number of piperidine rings is 1. The van der Waals surface area contributed by atoms with Crippen molar-refractivity contribution in [1.82, 2.24) is 10.2 Å². The molecule has 11 atom stereocenters. The molecule has 0 aromatic rings. The first kappa shape index (κ1) is 27.1. The zero-order chi connectivity index (χ0) is 26.8. The lowest BCUT2D eigenvalue weighted by molar-refractivity contribution is -0.231. The van der Waals surface area contributed by atoms with E-state index in [9.17, 15) is 14.4 Å². The van der Waals surface area contributed by atoms with Crippen molar-refractivity contribution in [3.63, 3.8) is 0 Å². The fraction of sp³-hybridized carbons (Fsp3) is 0.897. The highest BCUT2D eigenvalue weighted by Gasteiger charge is 2.67. The van der Waals surface area contributed by atoms with Gasteiger partial charge in [0.15, 0.2) is 5.78 Å². The SMILES string of the molecule is CO[C@@H]1CCCC23CC[C@@H](C)[C@@](C)(C(OC(=O)NC(=O)[C@H]4CN5CCC4C5)C[C@@](C)(OC)C(=O)[C@@H]2C)C13. The number of rotatable bonds is 4. The fourth-order valence-corrected chi connectivity index (χ4v) is 9.38. The molecule has 5 unspecified atom stereocenters. The van der Waals surface area contributed by atoms with Gasteiger partial charge in [-0.25, -0.2) is 4.79 Å². The summed E-state index contributed by atoms with van der Waals surface area (Å²) < 4.78 is 18.3. The summed E-state index contributed by atoms with van der Waals surface area (Å²) in [6, 6.07) is 0. The van der Waals surface area contributed by atoms with Gasteiger partial charge in [0.1, 0.15) is 11.7 Å². The summed E-state index contributed by atoms with van der Waals surface area (Å²) in [6.45, 7) is 11.1. The molecule has 4 bridgehead atoms. The average molecular weight is 519 g/mol. The molecule has 3 aliphatic carbocycles. The number of nitrogens with one attached hydrogen (secondary N) is 1. The van der Waals surface area contributed by atoms with Crippen molar-refractivity contribution in [2.24, 2.45) is 40.4 Å². The van der Waals surface area contributed by atoms with Crippen molar-refractivity contribution >= 4 is 17.8 Å². The predicted octanol–water partition coefficient (Wildman–Crippen LogP) is 3.81. The van der Waals surface area contributed by atoms with Crippen molar-refractivity contribution in [1.29, 1.82) is 0 Å². The van der Waals surface area contributed by atoms with Crippen molar-refractivity contribution in [2.45, 2.75) is 90.4 Å². The van der Waals surface area contributed by atoms with Crippen LogP contribution in [0.25, 0.3) is 0 Å². The van der Waals surface area contributed by atoms with E-state index in [0.717, 1.165) is 51.6 Å². The number of ketones is 1. The molecule has 0 aromatic carbocycles. The van der Waals surface area contributed by atoms with E-state index in [1.54, 1.807) is 14.2 Å². The van der Waals surface area contributed by atoms with Gasteiger partial charge in [0.05, 0.1) is 12.0 Å². The van der Waals surface area contributed by atoms with E-state index in [1.165, 1.54) is 0 Å². The lowest BCUT2D eigenvalue weighted by Crippen LogP contribution is -2.68. The van der Waals surface area contributed by atoms with Crippen LogP contribution in [0.2, 0.25) is 0 Å². The molecule has 37 heavy (non-hydrogen) atoms. The summed E-state index contributed by atoms with van der Waals surface area (Å²) >= 11 is 0. The molecule has 3 saturated carbocycles. The summed E-state index contributed by atoms with van der Waals surface area (Å²) in [7, 11) is 3.34. The Morgan fingerprint density at radius 1 is 1.05 bits per heavy atom. The van der Waals surface area contributed by atoms with Gasteiger partial charge in [0.25, 0.3) is 0 Å². The van der Waals surface area contributed by atoms with Gasteiger partial charge in [-0.15, -0.1) is 0 Å². The molecule has 2 saturated heterocycles. The average Bonchev–Trinajstić information content (AvgIpc) is 3.52. The molecule has 5 rings (SSSR count). The van der Waals surface area contributed by atoms with Crippen LogP contribution in [0.3, 0.4) is 0 Å². The molecule has 208 valence electrons. The molecule has 2 aliphatic heterocycles. The minimum absolute atomic E-state index is 0.0115. The Hall–Kier alpha value is -1.51. The predicted molar refractivity (Wildman–Crippen MR) is 138 cm³/mol. The maximum Gasteiger partial charge on any atom is 0.414 e. The molecule has 0 aromatic heterocycles. The van der Waals surface area contributed by atoms with E-state index in [0.29, 0.717) is 12.5 Å². The Morgan fingerprint density at radius 2 is 1.81 bits per heavy atom. The molecule has 2 amide bonds. The smallest absolute Gasteiger partial charge is 0.414 e. The zero-order valence-corrected chi connectivity index (χ0v) is 23.5. The Balaban J connectivity index is 1.49. The molecule has 0 spiro atoms. The van der Waals surface area contributed by atoms with Gasteiger partial charge in [-0.1, -0.05) is 27.2 Å². The van der Waals surface area contributed by atoms with E-state index < -0.39 is 23.2 Å². The quantitative estimate of drug-likeness (QED) is 0.605. The first-order valence-electron chi connectivity index (χ1n) is 14.4. The summed E-state index contributed by atoms with van der Waals surface area (Å²) in [5, 5.41) is 2.57.